The number of pyridine rings is 1. The van der Waals surface area contributed by atoms with E-state index < -0.39 is 0 Å². The molecule has 0 bridgehead atoms. The lowest BCUT2D eigenvalue weighted by molar-refractivity contribution is 0.0600. The molecule has 0 radical (unpaired) electrons. The minimum atomic E-state index is -0.388. The van der Waals surface area contributed by atoms with Crippen LogP contribution in [0.3, 0.4) is 0 Å². The van der Waals surface area contributed by atoms with E-state index in [1.807, 2.05) is 24.3 Å². The van der Waals surface area contributed by atoms with Crippen LogP contribution < -0.4 is 5.73 Å². The molecule has 0 aliphatic heterocycles. The predicted octanol–water partition coefficient (Wildman–Crippen LogP) is 2.12. The molecule has 0 fully saturated rings. The number of ether oxygens (including phenoxy) is 1. The molecule has 0 aliphatic rings. The normalized spacial score (nSPS) is 9.94. The number of hydrogen-bond acceptors (Lipinski definition) is 4. The van der Waals surface area contributed by atoms with Gasteiger partial charge in [-0.3, -0.25) is 4.98 Å². The molecule has 0 atom stereocenters. The summed E-state index contributed by atoms with van der Waals surface area (Å²) in [5.41, 5.74) is 8.49. The van der Waals surface area contributed by atoms with Crippen LogP contribution in [0.1, 0.15) is 10.4 Å². The molecule has 86 valence electrons. The maximum atomic E-state index is 11.2. The van der Waals surface area contributed by atoms with Gasteiger partial charge in [0, 0.05) is 17.4 Å². The molecule has 0 saturated carbocycles. The fraction of sp³-hybridized carbons (Fsp3) is 0.0769. The predicted molar refractivity (Wildman–Crippen MR) is 65.4 cm³/mol. The Hall–Kier alpha value is -2.36. The molecule has 0 unspecified atom stereocenters. The van der Waals surface area contributed by atoms with Gasteiger partial charge in [-0.15, -0.1) is 0 Å². The highest BCUT2D eigenvalue weighted by atomic mass is 16.5. The second-order valence-corrected chi connectivity index (χ2v) is 3.55. The van der Waals surface area contributed by atoms with Crippen LogP contribution in [0, 0.1) is 0 Å². The van der Waals surface area contributed by atoms with Crippen LogP contribution in [-0.4, -0.2) is 18.1 Å². The first-order valence-electron chi connectivity index (χ1n) is 5.11. The molecule has 0 amide bonds. The number of anilines is 1. The fourth-order valence-electron chi connectivity index (χ4n) is 1.46. The smallest absolute Gasteiger partial charge is 0.339 e. The number of aromatic nitrogens is 1. The van der Waals surface area contributed by atoms with Crippen molar-refractivity contribution in [2.24, 2.45) is 0 Å². The van der Waals surface area contributed by atoms with Crippen molar-refractivity contribution in [3.05, 3.63) is 48.2 Å². The monoisotopic (exact) mass is 228 g/mol. The van der Waals surface area contributed by atoms with E-state index in [4.69, 9.17) is 5.73 Å². The molecule has 2 aromatic rings. The number of carbonyl (C=O) groups is 1. The Labute approximate surface area is 99.1 Å². The summed E-state index contributed by atoms with van der Waals surface area (Å²) in [4.78, 5) is 15.4. The van der Waals surface area contributed by atoms with Gasteiger partial charge < -0.3 is 10.5 Å². The summed E-state index contributed by atoms with van der Waals surface area (Å²) < 4.78 is 4.60. The highest BCUT2D eigenvalue weighted by Gasteiger charge is 2.06. The van der Waals surface area contributed by atoms with Gasteiger partial charge in [0.15, 0.2) is 0 Å². The van der Waals surface area contributed by atoms with Crippen molar-refractivity contribution in [2.75, 3.05) is 12.8 Å². The molecule has 2 N–H and O–H groups in total. The highest BCUT2D eigenvalue weighted by molar-refractivity contribution is 5.89. The Morgan fingerprint density at radius 2 is 1.88 bits per heavy atom. The summed E-state index contributed by atoms with van der Waals surface area (Å²) in [5, 5.41) is 0. The summed E-state index contributed by atoms with van der Waals surface area (Å²) in [5.74, 6) is -0.388. The van der Waals surface area contributed by atoms with Crippen molar-refractivity contribution in [2.45, 2.75) is 0 Å². The third kappa shape index (κ3) is 2.42. The Morgan fingerprint density at radius 3 is 2.41 bits per heavy atom. The molecule has 2 rings (SSSR count). The van der Waals surface area contributed by atoms with E-state index >= 15 is 0 Å². The Balaban J connectivity index is 2.29. The highest BCUT2D eigenvalue weighted by Crippen LogP contribution is 2.18. The molecular weight excluding hydrogens is 216 g/mol. The number of rotatable bonds is 2. The van der Waals surface area contributed by atoms with Gasteiger partial charge in [-0.1, -0.05) is 12.1 Å². The van der Waals surface area contributed by atoms with Crippen molar-refractivity contribution >= 4 is 11.7 Å². The topological polar surface area (TPSA) is 65.2 Å². The number of nitrogens with zero attached hydrogens (tertiary/aromatic N) is 1. The van der Waals surface area contributed by atoms with Gasteiger partial charge >= 0.3 is 5.97 Å². The Morgan fingerprint density at radius 1 is 1.18 bits per heavy atom. The van der Waals surface area contributed by atoms with Crippen molar-refractivity contribution < 1.29 is 9.53 Å². The van der Waals surface area contributed by atoms with E-state index in [9.17, 15) is 4.79 Å². The maximum Gasteiger partial charge on any atom is 0.339 e. The van der Waals surface area contributed by atoms with Crippen LogP contribution in [0.25, 0.3) is 11.3 Å². The molecule has 0 spiro atoms. The van der Waals surface area contributed by atoms with Crippen molar-refractivity contribution in [1.82, 2.24) is 4.98 Å². The zero-order valence-electron chi connectivity index (χ0n) is 9.38. The number of hydrogen-bond donors (Lipinski definition) is 1. The number of carbonyl (C=O) groups excluding carboxylic acids is 1. The zero-order valence-corrected chi connectivity index (χ0v) is 9.38. The van der Waals surface area contributed by atoms with Gasteiger partial charge in [0.25, 0.3) is 0 Å². The molecule has 17 heavy (non-hydrogen) atoms. The van der Waals surface area contributed by atoms with Gasteiger partial charge in [-0.2, -0.15) is 0 Å². The molecular formula is C13H12N2O2. The number of benzene rings is 1. The van der Waals surface area contributed by atoms with E-state index in [-0.39, 0.29) is 5.97 Å². The molecule has 4 nitrogen and oxygen atoms in total. The van der Waals surface area contributed by atoms with E-state index in [2.05, 4.69) is 9.72 Å². The van der Waals surface area contributed by atoms with Gasteiger partial charge in [-0.25, -0.2) is 4.79 Å². The quantitative estimate of drug-likeness (QED) is 0.631. The van der Waals surface area contributed by atoms with Crippen LogP contribution in [0.2, 0.25) is 0 Å². The molecule has 0 saturated heterocycles. The van der Waals surface area contributed by atoms with Crippen LogP contribution >= 0.6 is 0 Å². The average Bonchev–Trinajstić information content (AvgIpc) is 2.39. The van der Waals surface area contributed by atoms with E-state index in [1.54, 1.807) is 12.1 Å². The number of esters is 1. The standard InChI is InChI=1S/C13H12N2O2/c1-17-13(16)10-4-7-12(15-8-10)9-2-5-11(14)6-3-9/h2-8H,14H2,1H3. The molecule has 1 heterocycles. The largest absolute Gasteiger partial charge is 0.465 e. The minimum absolute atomic E-state index is 0.388. The molecule has 4 heteroatoms. The average molecular weight is 228 g/mol. The van der Waals surface area contributed by atoms with Gasteiger partial charge in [0.05, 0.1) is 18.4 Å². The number of nitrogens with two attached hydrogens (primary N) is 1. The molecule has 1 aromatic heterocycles. The lowest BCUT2D eigenvalue weighted by Crippen LogP contribution is -2.01. The summed E-state index contributed by atoms with van der Waals surface area (Å²) in [6.45, 7) is 0. The molecule has 1 aromatic carbocycles. The summed E-state index contributed by atoms with van der Waals surface area (Å²) in [7, 11) is 1.34. The first-order valence-corrected chi connectivity index (χ1v) is 5.11. The van der Waals surface area contributed by atoms with Crippen LogP contribution in [0.5, 0.6) is 0 Å². The Bertz CT molecular complexity index is 518. The third-order valence-corrected chi connectivity index (χ3v) is 2.39. The first kappa shape index (κ1) is 11.1. The summed E-state index contributed by atoms with van der Waals surface area (Å²) in [6.07, 6.45) is 1.50. The van der Waals surface area contributed by atoms with E-state index in [1.165, 1.54) is 13.3 Å². The SMILES string of the molecule is COC(=O)c1ccc(-c2ccc(N)cc2)nc1. The number of methoxy groups -OCH3 is 1. The second kappa shape index (κ2) is 4.65. The minimum Gasteiger partial charge on any atom is -0.465 e. The van der Waals surface area contributed by atoms with Gasteiger partial charge in [0.2, 0.25) is 0 Å². The lowest BCUT2D eigenvalue weighted by Gasteiger charge is -2.03. The van der Waals surface area contributed by atoms with Crippen molar-refractivity contribution in [3.63, 3.8) is 0 Å². The van der Waals surface area contributed by atoms with Gasteiger partial charge in [0.1, 0.15) is 0 Å². The zero-order chi connectivity index (χ0) is 12.3. The summed E-state index contributed by atoms with van der Waals surface area (Å²) in [6, 6.07) is 10.9. The maximum absolute atomic E-state index is 11.2. The summed E-state index contributed by atoms with van der Waals surface area (Å²) >= 11 is 0. The Kier molecular flexibility index (Phi) is 3.05. The second-order valence-electron chi connectivity index (χ2n) is 3.55. The van der Waals surface area contributed by atoms with Crippen LogP contribution in [0.15, 0.2) is 42.6 Å². The first-order chi connectivity index (χ1) is 8.20. The third-order valence-electron chi connectivity index (χ3n) is 2.39. The van der Waals surface area contributed by atoms with Gasteiger partial charge in [-0.05, 0) is 24.3 Å². The van der Waals surface area contributed by atoms with E-state index in [0.29, 0.717) is 11.3 Å². The van der Waals surface area contributed by atoms with Crippen molar-refractivity contribution in [3.8, 4) is 11.3 Å². The number of nitrogen functional groups attached to an aromatic ring is 1. The fourth-order valence-corrected chi connectivity index (χ4v) is 1.46. The van der Waals surface area contributed by atoms with Crippen LogP contribution in [-0.2, 0) is 4.74 Å². The van der Waals surface area contributed by atoms with E-state index in [0.717, 1.165) is 11.3 Å². The van der Waals surface area contributed by atoms with Crippen LogP contribution in [0.4, 0.5) is 5.69 Å². The van der Waals surface area contributed by atoms with Crippen molar-refractivity contribution in [1.29, 1.82) is 0 Å². The molecule has 0 aliphatic carbocycles. The lowest BCUT2D eigenvalue weighted by atomic mass is 10.1.